The van der Waals surface area contributed by atoms with Gasteiger partial charge in [0.2, 0.25) is 0 Å². The summed E-state index contributed by atoms with van der Waals surface area (Å²) in [6.45, 7) is 1.56. The summed E-state index contributed by atoms with van der Waals surface area (Å²) in [5.41, 5.74) is 2.20. The Hall–Kier alpha value is -2.01. The van der Waals surface area contributed by atoms with E-state index in [1.54, 1.807) is 23.4 Å². The van der Waals surface area contributed by atoms with Gasteiger partial charge in [0.1, 0.15) is 0 Å². The second kappa shape index (κ2) is 6.83. The summed E-state index contributed by atoms with van der Waals surface area (Å²) < 4.78 is 5.72. The first-order valence-corrected chi connectivity index (χ1v) is 7.82. The Morgan fingerprint density at radius 3 is 2.86 bits per heavy atom. The molecule has 1 aromatic carbocycles. The number of hydrogen-bond donors (Lipinski definition) is 0. The molecule has 0 saturated carbocycles. The van der Waals surface area contributed by atoms with Crippen LogP contribution in [0.5, 0.6) is 0 Å². The van der Waals surface area contributed by atoms with Crippen LogP contribution in [0.25, 0.3) is 11.0 Å². The number of aromatic nitrogens is 2. The van der Waals surface area contributed by atoms with Crippen LogP contribution in [0.4, 0.5) is 0 Å². The van der Waals surface area contributed by atoms with Crippen LogP contribution in [-0.2, 0) is 4.74 Å². The van der Waals surface area contributed by atoms with Gasteiger partial charge in [-0.1, -0.05) is 0 Å². The molecule has 0 aliphatic carbocycles. The largest absolute Gasteiger partial charge is 0.378 e. The van der Waals surface area contributed by atoms with Crippen molar-refractivity contribution in [2.75, 3.05) is 20.2 Å². The van der Waals surface area contributed by atoms with Crippen LogP contribution < -0.4 is 0 Å². The van der Waals surface area contributed by atoms with E-state index >= 15 is 0 Å². The minimum absolute atomic E-state index is 0.0170. The Kier molecular flexibility index (Phi) is 4.63. The molecule has 1 saturated heterocycles. The van der Waals surface area contributed by atoms with E-state index < -0.39 is 0 Å². The molecule has 1 aliphatic rings. The second-order valence-corrected chi connectivity index (χ2v) is 5.76. The van der Waals surface area contributed by atoms with Crippen molar-refractivity contribution in [2.45, 2.75) is 31.8 Å². The lowest BCUT2D eigenvalue weighted by Crippen LogP contribution is -2.31. The van der Waals surface area contributed by atoms with Crippen LogP contribution in [0.1, 0.15) is 36.0 Å². The topological polar surface area (TPSA) is 55.3 Å². The zero-order valence-corrected chi connectivity index (χ0v) is 12.9. The van der Waals surface area contributed by atoms with Gasteiger partial charge < -0.3 is 9.64 Å². The number of amides is 1. The molecule has 1 aromatic heterocycles. The van der Waals surface area contributed by atoms with Gasteiger partial charge in [-0.3, -0.25) is 14.8 Å². The normalized spacial score (nSPS) is 18.3. The first kappa shape index (κ1) is 14.9. The summed E-state index contributed by atoms with van der Waals surface area (Å²) in [5.74, 6) is 0.0170. The van der Waals surface area contributed by atoms with E-state index in [-0.39, 0.29) is 5.91 Å². The molecule has 1 amide bonds. The maximum Gasteiger partial charge on any atom is 0.253 e. The molecule has 1 fully saturated rings. The van der Waals surface area contributed by atoms with Crippen LogP contribution >= 0.6 is 0 Å². The zero-order chi connectivity index (χ0) is 15.4. The molecule has 22 heavy (non-hydrogen) atoms. The Bertz CT molecular complexity index is 653. The molecule has 1 unspecified atom stereocenters. The SMILES string of the molecule is CN(CCC1CCCCO1)C(=O)c1ccc2nccnc2c1. The summed E-state index contributed by atoms with van der Waals surface area (Å²) in [4.78, 5) is 22.7. The molecule has 116 valence electrons. The van der Waals surface area contributed by atoms with Crippen LogP contribution in [0.3, 0.4) is 0 Å². The first-order valence-electron chi connectivity index (χ1n) is 7.82. The summed E-state index contributed by atoms with van der Waals surface area (Å²) in [7, 11) is 1.84. The fourth-order valence-electron chi connectivity index (χ4n) is 2.79. The molecule has 0 radical (unpaired) electrons. The maximum atomic E-state index is 12.5. The lowest BCUT2D eigenvalue weighted by atomic mass is 10.1. The molecule has 0 N–H and O–H groups in total. The fraction of sp³-hybridized carbons (Fsp3) is 0.471. The van der Waals surface area contributed by atoms with E-state index in [1.165, 1.54) is 6.42 Å². The van der Waals surface area contributed by atoms with Crippen LogP contribution in [0.15, 0.2) is 30.6 Å². The minimum Gasteiger partial charge on any atom is -0.378 e. The van der Waals surface area contributed by atoms with Crippen LogP contribution in [0, 0.1) is 0 Å². The van der Waals surface area contributed by atoms with Gasteiger partial charge in [-0.15, -0.1) is 0 Å². The van der Waals surface area contributed by atoms with E-state index in [0.717, 1.165) is 36.9 Å². The number of carbonyl (C=O) groups excluding carboxylic acids is 1. The average Bonchev–Trinajstić information content (AvgIpc) is 2.59. The number of hydrogen-bond acceptors (Lipinski definition) is 4. The molecule has 5 nitrogen and oxygen atoms in total. The predicted molar refractivity (Wildman–Crippen MR) is 84.7 cm³/mol. The standard InChI is InChI=1S/C17H21N3O2/c1-20(10-7-14-4-2-3-11-22-14)17(21)13-5-6-15-16(12-13)19-9-8-18-15/h5-6,8-9,12,14H,2-4,7,10-11H2,1H3. The summed E-state index contributed by atoms with van der Waals surface area (Å²) in [6.07, 6.45) is 7.98. The molecule has 2 heterocycles. The molecule has 3 rings (SSSR count). The van der Waals surface area contributed by atoms with Crippen molar-refractivity contribution < 1.29 is 9.53 Å². The molecule has 1 atom stereocenters. The number of fused-ring (bicyclic) bond motifs is 1. The highest BCUT2D eigenvalue weighted by Gasteiger charge is 2.17. The van der Waals surface area contributed by atoms with Gasteiger partial charge in [-0.2, -0.15) is 0 Å². The van der Waals surface area contributed by atoms with Crippen molar-refractivity contribution in [3.05, 3.63) is 36.2 Å². The third kappa shape index (κ3) is 3.42. The molecular formula is C17H21N3O2. The Balaban J connectivity index is 1.63. The van der Waals surface area contributed by atoms with E-state index in [2.05, 4.69) is 9.97 Å². The van der Waals surface area contributed by atoms with Gasteiger partial charge >= 0.3 is 0 Å². The lowest BCUT2D eigenvalue weighted by Gasteiger charge is -2.25. The van der Waals surface area contributed by atoms with Gasteiger partial charge in [-0.05, 0) is 43.9 Å². The van der Waals surface area contributed by atoms with Crippen molar-refractivity contribution >= 4 is 16.9 Å². The first-order chi connectivity index (χ1) is 10.7. The smallest absolute Gasteiger partial charge is 0.253 e. The van der Waals surface area contributed by atoms with Crippen LogP contribution in [-0.4, -0.2) is 47.1 Å². The number of rotatable bonds is 4. The summed E-state index contributed by atoms with van der Waals surface area (Å²) in [5, 5.41) is 0. The van der Waals surface area contributed by atoms with Gasteiger partial charge in [0, 0.05) is 38.2 Å². The monoisotopic (exact) mass is 299 g/mol. The third-order valence-electron chi connectivity index (χ3n) is 4.12. The van der Waals surface area contributed by atoms with E-state index in [4.69, 9.17) is 4.74 Å². The van der Waals surface area contributed by atoms with E-state index in [9.17, 15) is 4.79 Å². The third-order valence-corrected chi connectivity index (χ3v) is 4.12. The number of benzene rings is 1. The van der Waals surface area contributed by atoms with Gasteiger partial charge in [0.05, 0.1) is 17.1 Å². The van der Waals surface area contributed by atoms with E-state index in [0.29, 0.717) is 18.2 Å². The molecule has 2 aromatic rings. The summed E-state index contributed by atoms with van der Waals surface area (Å²) >= 11 is 0. The second-order valence-electron chi connectivity index (χ2n) is 5.76. The van der Waals surface area contributed by atoms with Crippen LogP contribution in [0.2, 0.25) is 0 Å². The van der Waals surface area contributed by atoms with Crippen molar-refractivity contribution in [1.29, 1.82) is 0 Å². The Morgan fingerprint density at radius 1 is 1.27 bits per heavy atom. The molecule has 5 heteroatoms. The van der Waals surface area contributed by atoms with Crippen molar-refractivity contribution in [3.8, 4) is 0 Å². The average molecular weight is 299 g/mol. The molecular weight excluding hydrogens is 278 g/mol. The predicted octanol–water partition coefficient (Wildman–Crippen LogP) is 2.66. The van der Waals surface area contributed by atoms with Crippen molar-refractivity contribution in [1.82, 2.24) is 14.9 Å². The van der Waals surface area contributed by atoms with E-state index in [1.807, 2.05) is 19.2 Å². The number of carbonyl (C=O) groups is 1. The highest BCUT2D eigenvalue weighted by Crippen LogP contribution is 2.17. The van der Waals surface area contributed by atoms with Crippen molar-refractivity contribution in [3.63, 3.8) is 0 Å². The Morgan fingerprint density at radius 2 is 2.09 bits per heavy atom. The highest BCUT2D eigenvalue weighted by molar-refractivity contribution is 5.97. The van der Waals surface area contributed by atoms with Crippen molar-refractivity contribution in [2.24, 2.45) is 0 Å². The summed E-state index contributed by atoms with van der Waals surface area (Å²) in [6, 6.07) is 5.46. The quantitative estimate of drug-likeness (QED) is 0.871. The highest BCUT2D eigenvalue weighted by atomic mass is 16.5. The number of nitrogens with zero attached hydrogens (tertiary/aromatic N) is 3. The van der Waals surface area contributed by atoms with Gasteiger partial charge in [0.15, 0.2) is 0 Å². The number of ether oxygens (including phenoxy) is 1. The molecule has 1 aliphatic heterocycles. The lowest BCUT2D eigenvalue weighted by molar-refractivity contribution is 0.00709. The molecule has 0 bridgehead atoms. The van der Waals surface area contributed by atoms with Gasteiger partial charge in [-0.25, -0.2) is 0 Å². The Labute approximate surface area is 130 Å². The van der Waals surface area contributed by atoms with Gasteiger partial charge in [0.25, 0.3) is 5.91 Å². The zero-order valence-electron chi connectivity index (χ0n) is 12.9. The fourth-order valence-corrected chi connectivity index (χ4v) is 2.79. The molecule has 0 spiro atoms. The minimum atomic E-state index is 0.0170. The maximum absolute atomic E-state index is 12.5.